The molecule has 2 amide bonds. The molecule has 35 heavy (non-hydrogen) atoms. The van der Waals surface area contributed by atoms with Gasteiger partial charge in [0, 0.05) is 13.0 Å². The number of carboxylic acids is 1. The number of carbonyl (C=O) groups excluding carboxylic acids is 2. The Kier molecular flexibility index (Phi) is 7.42. The van der Waals surface area contributed by atoms with E-state index in [1.807, 2.05) is 48.5 Å². The second kappa shape index (κ2) is 10.8. The maximum Gasteiger partial charge on any atom is 0.408 e. The molecule has 0 saturated heterocycles. The lowest BCUT2D eigenvalue weighted by Crippen LogP contribution is -2.49. The first-order valence-electron chi connectivity index (χ1n) is 11.2. The van der Waals surface area contributed by atoms with Crippen LogP contribution in [0.15, 0.2) is 78.9 Å². The van der Waals surface area contributed by atoms with Crippen molar-refractivity contribution in [2.45, 2.75) is 18.0 Å². The smallest absolute Gasteiger partial charge is 0.408 e. The standard InChI is InChI=1S/C27H26N2O6/c1-34-16-23(26(31)32)28-25(30)24(17-9-3-2-4-10-17)29-27(33)35-15-22-20-13-7-5-11-18(20)19-12-6-8-14-21(19)22/h2-14,22-24H,15-16H2,1H3,(H,28,30)(H,29,33)(H,31,32)/t23-,24-/m0/s1. The summed E-state index contributed by atoms with van der Waals surface area (Å²) in [6.45, 7) is -0.127. The summed E-state index contributed by atoms with van der Waals surface area (Å²) < 4.78 is 10.4. The van der Waals surface area contributed by atoms with Crippen LogP contribution in [0.3, 0.4) is 0 Å². The Bertz CT molecular complexity index is 1170. The number of rotatable bonds is 9. The molecule has 8 nitrogen and oxygen atoms in total. The number of amides is 2. The maximum absolute atomic E-state index is 13.0. The predicted molar refractivity (Wildman–Crippen MR) is 129 cm³/mol. The Labute approximate surface area is 202 Å². The molecule has 0 spiro atoms. The molecule has 3 N–H and O–H groups in total. The fourth-order valence-corrected chi connectivity index (χ4v) is 4.30. The summed E-state index contributed by atoms with van der Waals surface area (Å²) in [6.07, 6.45) is -0.783. The first-order chi connectivity index (χ1) is 17.0. The average Bonchev–Trinajstić information content (AvgIpc) is 3.20. The van der Waals surface area contributed by atoms with Gasteiger partial charge in [-0.2, -0.15) is 0 Å². The van der Waals surface area contributed by atoms with Crippen LogP contribution in [0, 0.1) is 0 Å². The molecule has 1 aliphatic carbocycles. The van der Waals surface area contributed by atoms with Crippen LogP contribution in [0.1, 0.15) is 28.7 Å². The van der Waals surface area contributed by atoms with Gasteiger partial charge in [-0.05, 0) is 27.8 Å². The summed E-state index contributed by atoms with van der Waals surface area (Å²) in [5.74, 6) is -2.06. The Balaban J connectivity index is 1.48. The van der Waals surface area contributed by atoms with Crippen LogP contribution in [0.2, 0.25) is 0 Å². The van der Waals surface area contributed by atoms with Crippen molar-refractivity contribution in [2.75, 3.05) is 20.3 Å². The van der Waals surface area contributed by atoms with Crippen LogP contribution in [0.5, 0.6) is 0 Å². The molecule has 0 saturated carbocycles. The van der Waals surface area contributed by atoms with E-state index in [4.69, 9.17) is 9.47 Å². The molecule has 0 bridgehead atoms. The number of alkyl carbamates (subject to hydrolysis) is 1. The van der Waals surface area contributed by atoms with Crippen LogP contribution in [-0.2, 0) is 19.1 Å². The molecule has 180 valence electrons. The van der Waals surface area contributed by atoms with Crippen LogP contribution in [0.25, 0.3) is 11.1 Å². The van der Waals surface area contributed by atoms with E-state index in [0.717, 1.165) is 22.3 Å². The van der Waals surface area contributed by atoms with Crippen molar-refractivity contribution < 1.29 is 29.0 Å². The molecule has 4 rings (SSSR count). The molecule has 0 unspecified atom stereocenters. The van der Waals surface area contributed by atoms with Gasteiger partial charge in [-0.15, -0.1) is 0 Å². The summed E-state index contributed by atoms with van der Waals surface area (Å²) in [7, 11) is 1.34. The number of methoxy groups -OCH3 is 1. The Morgan fingerprint density at radius 1 is 0.857 bits per heavy atom. The van der Waals surface area contributed by atoms with Crippen LogP contribution >= 0.6 is 0 Å². The number of carbonyl (C=O) groups is 3. The molecular formula is C27H26N2O6. The minimum absolute atomic E-state index is 0.0877. The molecule has 1 aliphatic rings. The average molecular weight is 475 g/mol. The molecule has 0 aliphatic heterocycles. The van der Waals surface area contributed by atoms with Crippen molar-refractivity contribution in [3.8, 4) is 11.1 Å². The zero-order valence-electron chi connectivity index (χ0n) is 19.1. The molecule has 8 heteroatoms. The van der Waals surface area contributed by atoms with Crippen molar-refractivity contribution >= 4 is 18.0 Å². The summed E-state index contributed by atoms with van der Waals surface area (Å²) in [5.41, 5.74) is 4.85. The monoisotopic (exact) mass is 474 g/mol. The van der Waals surface area contributed by atoms with Gasteiger partial charge in [0.25, 0.3) is 0 Å². The Morgan fingerprint density at radius 2 is 1.43 bits per heavy atom. The number of fused-ring (bicyclic) bond motifs is 3. The summed E-state index contributed by atoms with van der Waals surface area (Å²) in [4.78, 5) is 37.2. The second-order valence-electron chi connectivity index (χ2n) is 8.17. The zero-order valence-corrected chi connectivity index (χ0v) is 19.1. The van der Waals surface area contributed by atoms with Gasteiger partial charge in [0.2, 0.25) is 5.91 Å². The minimum Gasteiger partial charge on any atom is -0.480 e. The lowest BCUT2D eigenvalue weighted by molar-refractivity contribution is -0.143. The van der Waals surface area contributed by atoms with Crippen LogP contribution in [-0.4, -0.2) is 49.4 Å². The highest BCUT2D eigenvalue weighted by atomic mass is 16.5. The normalized spacial score (nSPS) is 13.7. The highest BCUT2D eigenvalue weighted by Gasteiger charge is 2.31. The third kappa shape index (κ3) is 5.33. The number of ether oxygens (including phenoxy) is 2. The molecule has 3 aromatic rings. The van der Waals surface area contributed by atoms with E-state index in [-0.39, 0.29) is 19.1 Å². The van der Waals surface area contributed by atoms with E-state index in [2.05, 4.69) is 10.6 Å². The van der Waals surface area contributed by atoms with E-state index >= 15 is 0 Å². The third-order valence-electron chi connectivity index (χ3n) is 5.95. The zero-order chi connectivity index (χ0) is 24.8. The second-order valence-corrected chi connectivity index (χ2v) is 8.17. The number of carboxylic acid groups (broad SMARTS) is 1. The van der Waals surface area contributed by atoms with Crippen molar-refractivity contribution in [1.82, 2.24) is 10.6 Å². The minimum atomic E-state index is -1.26. The molecule has 0 radical (unpaired) electrons. The molecule has 0 heterocycles. The number of nitrogens with one attached hydrogen (secondary N) is 2. The van der Waals surface area contributed by atoms with Gasteiger partial charge in [0.15, 0.2) is 6.04 Å². The number of hydrogen-bond acceptors (Lipinski definition) is 5. The van der Waals surface area contributed by atoms with Gasteiger partial charge in [0.1, 0.15) is 12.6 Å². The van der Waals surface area contributed by atoms with E-state index in [9.17, 15) is 19.5 Å². The van der Waals surface area contributed by atoms with Gasteiger partial charge in [-0.3, -0.25) is 4.79 Å². The topological polar surface area (TPSA) is 114 Å². The molecule has 0 fully saturated rings. The molecule has 3 aromatic carbocycles. The molecule has 0 aromatic heterocycles. The van der Waals surface area contributed by atoms with Gasteiger partial charge >= 0.3 is 12.1 Å². The Hall–Kier alpha value is -4.17. The quantitative estimate of drug-likeness (QED) is 0.438. The van der Waals surface area contributed by atoms with Crippen molar-refractivity contribution in [2.24, 2.45) is 0 Å². The van der Waals surface area contributed by atoms with Crippen molar-refractivity contribution in [3.05, 3.63) is 95.6 Å². The van der Waals surface area contributed by atoms with Gasteiger partial charge in [-0.1, -0.05) is 78.9 Å². The van der Waals surface area contributed by atoms with E-state index in [1.54, 1.807) is 30.3 Å². The number of benzene rings is 3. The first-order valence-corrected chi connectivity index (χ1v) is 11.2. The van der Waals surface area contributed by atoms with Gasteiger partial charge in [0.05, 0.1) is 6.61 Å². The van der Waals surface area contributed by atoms with Gasteiger partial charge in [-0.25, -0.2) is 9.59 Å². The SMILES string of the molecule is COC[C@H](NC(=O)[C@@H](NC(=O)OCC1c2ccccc2-c2ccccc21)c1ccccc1)C(=O)O. The summed E-state index contributed by atoms with van der Waals surface area (Å²) in [5, 5.41) is 14.3. The van der Waals surface area contributed by atoms with Crippen molar-refractivity contribution in [1.29, 1.82) is 0 Å². The maximum atomic E-state index is 13.0. The van der Waals surface area contributed by atoms with E-state index < -0.39 is 30.1 Å². The van der Waals surface area contributed by atoms with Crippen molar-refractivity contribution in [3.63, 3.8) is 0 Å². The van der Waals surface area contributed by atoms with Gasteiger partial charge < -0.3 is 25.2 Å². The predicted octanol–water partition coefficient (Wildman–Crippen LogP) is 3.48. The highest BCUT2D eigenvalue weighted by molar-refractivity contribution is 5.90. The van der Waals surface area contributed by atoms with Crippen LogP contribution < -0.4 is 10.6 Å². The Morgan fingerprint density at radius 3 is 2.00 bits per heavy atom. The number of hydrogen-bond donors (Lipinski definition) is 3. The van der Waals surface area contributed by atoms with Crippen LogP contribution in [0.4, 0.5) is 4.79 Å². The molecular weight excluding hydrogens is 448 g/mol. The largest absolute Gasteiger partial charge is 0.480 e. The summed E-state index contributed by atoms with van der Waals surface area (Å²) >= 11 is 0. The first kappa shape index (κ1) is 24.0. The van der Waals surface area contributed by atoms with E-state index in [0.29, 0.717) is 5.56 Å². The summed E-state index contributed by atoms with van der Waals surface area (Å²) in [6, 6.07) is 22.1. The third-order valence-corrected chi connectivity index (χ3v) is 5.95. The fraction of sp³-hybridized carbons (Fsp3) is 0.222. The number of aliphatic carboxylic acids is 1. The van der Waals surface area contributed by atoms with E-state index in [1.165, 1.54) is 7.11 Å². The fourth-order valence-electron chi connectivity index (χ4n) is 4.30. The molecule has 2 atom stereocenters. The highest BCUT2D eigenvalue weighted by Crippen LogP contribution is 2.44. The lowest BCUT2D eigenvalue weighted by Gasteiger charge is -2.22. The lowest BCUT2D eigenvalue weighted by atomic mass is 9.98.